The van der Waals surface area contributed by atoms with Crippen molar-refractivity contribution in [3.05, 3.63) is 53.1 Å². The minimum atomic E-state index is -0.589. The lowest BCUT2D eigenvalue weighted by molar-refractivity contribution is 0.100. The predicted molar refractivity (Wildman–Crippen MR) is 102 cm³/mol. The highest BCUT2D eigenvalue weighted by Gasteiger charge is 2.19. The molecule has 0 aliphatic heterocycles. The van der Waals surface area contributed by atoms with Crippen LogP contribution in [0.3, 0.4) is 0 Å². The molecule has 5 heteroatoms. The predicted octanol–water partition coefficient (Wildman–Crippen LogP) is 4.19. The highest BCUT2D eigenvalue weighted by molar-refractivity contribution is 6.00. The molecule has 2 rings (SSSR count). The SMILES string of the molecule is CC(C)c1cc(-c2ccccc2C(N)=O)cc(C(C)C)c1NC(N)=O. The zero-order chi connectivity index (χ0) is 18.7. The number of amides is 3. The summed E-state index contributed by atoms with van der Waals surface area (Å²) in [6.07, 6.45) is 0. The van der Waals surface area contributed by atoms with Crippen LogP contribution >= 0.6 is 0 Å². The second-order valence-corrected chi connectivity index (χ2v) is 6.74. The van der Waals surface area contributed by atoms with Gasteiger partial charge in [0.25, 0.3) is 0 Å². The normalized spacial score (nSPS) is 11.0. The van der Waals surface area contributed by atoms with E-state index in [1.807, 2.05) is 24.3 Å². The first-order valence-electron chi connectivity index (χ1n) is 8.35. The number of carbonyl (C=O) groups excluding carboxylic acids is 2. The summed E-state index contributed by atoms with van der Waals surface area (Å²) >= 11 is 0. The van der Waals surface area contributed by atoms with E-state index >= 15 is 0 Å². The van der Waals surface area contributed by atoms with Gasteiger partial charge in [0.15, 0.2) is 0 Å². The van der Waals surface area contributed by atoms with Crippen molar-refractivity contribution in [3.63, 3.8) is 0 Å². The molecule has 25 heavy (non-hydrogen) atoms. The van der Waals surface area contributed by atoms with Crippen molar-refractivity contribution in [2.24, 2.45) is 11.5 Å². The van der Waals surface area contributed by atoms with Crippen LogP contribution in [0.1, 0.15) is 61.0 Å². The zero-order valence-corrected chi connectivity index (χ0v) is 15.1. The Balaban J connectivity index is 2.78. The topological polar surface area (TPSA) is 98.2 Å². The summed E-state index contributed by atoms with van der Waals surface area (Å²) in [5.41, 5.74) is 15.7. The third-order valence-electron chi connectivity index (χ3n) is 4.20. The van der Waals surface area contributed by atoms with E-state index in [1.54, 1.807) is 12.1 Å². The number of benzene rings is 2. The molecule has 0 unspecified atom stereocenters. The summed E-state index contributed by atoms with van der Waals surface area (Å²) in [6.45, 7) is 8.20. The van der Waals surface area contributed by atoms with Crippen LogP contribution in [0.2, 0.25) is 0 Å². The second kappa shape index (κ2) is 7.38. The Morgan fingerprint density at radius 3 is 1.88 bits per heavy atom. The molecule has 0 saturated carbocycles. The van der Waals surface area contributed by atoms with Crippen LogP contribution in [-0.2, 0) is 0 Å². The van der Waals surface area contributed by atoms with E-state index in [1.165, 1.54) is 0 Å². The van der Waals surface area contributed by atoms with Gasteiger partial charge in [-0.1, -0.05) is 45.9 Å². The van der Waals surface area contributed by atoms with Crippen molar-refractivity contribution in [1.29, 1.82) is 0 Å². The third kappa shape index (κ3) is 3.99. The quantitative estimate of drug-likeness (QED) is 0.761. The highest BCUT2D eigenvalue weighted by Crippen LogP contribution is 2.37. The molecule has 5 nitrogen and oxygen atoms in total. The number of anilines is 1. The fraction of sp³-hybridized carbons (Fsp3) is 0.300. The number of rotatable bonds is 5. The first kappa shape index (κ1) is 18.5. The van der Waals surface area contributed by atoms with Crippen LogP contribution in [0.25, 0.3) is 11.1 Å². The first-order valence-corrected chi connectivity index (χ1v) is 8.35. The van der Waals surface area contributed by atoms with Gasteiger partial charge in [0, 0.05) is 11.3 Å². The third-order valence-corrected chi connectivity index (χ3v) is 4.20. The number of hydrogen-bond donors (Lipinski definition) is 3. The van der Waals surface area contributed by atoms with Gasteiger partial charge >= 0.3 is 6.03 Å². The molecule has 0 radical (unpaired) electrons. The van der Waals surface area contributed by atoms with E-state index in [4.69, 9.17) is 11.5 Å². The molecule has 3 amide bonds. The van der Waals surface area contributed by atoms with Crippen molar-refractivity contribution in [2.45, 2.75) is 39.5 Å². The summed E-state index contributed by atoms with van der Waals surface area (Å²) in [6, 6.07) is 10.7. The molecule has 5 N–H and O–H groups in total. The van der Waals surface area contributed by atoms with E-state index in [-0.39, 0.29) is 11.8 Å². The second-order valence-electron chi connectivity index (χ2n) is 6.74. The van der Waals surface area contributed by atoms with Gasteiger partial charge in [-0.2, -0.15) is 0 Å². The number of primary amides is 2. The van der Waals surface area contributed by atoms with Crippen molar-refractivity contribution in [1.82, 2.24) is 0 Å². The summed E-state index contributed by atoms with van der Waals surface area (Å²) < 4.78 is 0. The van der Waals surface area contributed by atoms with Gasteiger partial charge in [0.1, 0.15) is 0 Å². The fourth-order valence-electron chi connectivity index (χ4n) is 2.97. The van der Waals surface area contributed by atoms with Gasteiger partial charge in [-0.25, -0.2) is 4.79 Å². The first-order chi connectivity index (χ1) is 11.7. The van der Waals surface area contributed by atoms with Gasteiger partial charge in [0.05, 0.1) is 0 Å². The molecular formula is C20H25N3O2. The molecule has 132 valence electrons. The van der Waals surface area contributed by atoms with Crippen LogP contribution < -0.4 is 16.8 Å². The summed E-state index contributed by atoms with van der Waals surface area (Å²) in [7, 11) is 0. The maximum absolute atomic E-state index is 11.8. The van der Waals surface area contributed by atoms with E-state index in [2.05, 4.69) is 33.0 Å². The number of nitrogens with two attached hydrogens (primary N) is 2. The van der Waals surface area contributed by atoms with Crippen LogP contribution in [0.4, 0.5) is 10.5 Å². The Labute approximate surface area is 148 Å². The molecule has 0 aliphatic rings. The number of nitrogens with one attached hydrogen (secondary N) is 1. The lowest BCUT2D eigenvalue weighted by Gasteiger charge is -2.22. The van der Waals surface area contributed by atoms with E-state index in [0.717, 1.165) is 27.9 Å². The summed E-state index contributed by atoms with van der Waals surface area (Å²) in [5, 5.41) is 2.77. The van der Waals surface area contributed by atoms with Crippen molar-refractivity contribution in [3.8, 4) is 11.1 Å². The van der Waals surface area contributed by atoms with Crippen LogP contribution in [0.15, 0.2) is 36.4 Å². The van der Waals surface area contributed by atoms with E-state index < -0.39 is 11.9 Å². The standard InChI is InChI=1S/C20H25N3O2/c1-11(2)16-9-13(14-7-5-6-8-15(14)19(21)24)10-17(12(3)4)18(16)23-20(22)25/h5-12H,1-4H3,(H2,21,24)(H3,22,23,25). The van der Waals surface area contributed by atoms with Gasteiger partial charge in [-0.3, -0.25) is 4.79 Å². The molecule has 0 heterocycles. The Morgan fingerprint density at radius 2 is 1.44 bits per heavy atom. The van der Waals surface area contributed by atoms with E-state index in [9.17, 15) is 9.59 Å². The Bertz CT molecular complexity index is 781. The lowest BCUT2D eigenvalue weighted by atomic mass is 9.87. The molecule has 0 fully saturated rings. The van der Waals surface area contributed by atoms with Gasteiger partial charge in [-0.05, 0) is 52.3 Å². The molecule has 0 atom stereocenters. The molecule has 2 aromatic rings. The Hall–Kier alpha value is -2.82. The number of urea groups is 1. The molecule has 2 aromatic carbocycles. The Morgan fingerprint density at radius 1 is 0.920 bits per heavy atom. The Kier molecular flexibility index (Phi) is 5.47. The van der Waals surface area contributed by atoms with Crippen LogP contribution in [0, 0.1) is 0 Å². The molecule has 0 aromatic heterocycles. The van der Waals surface area contributed by atoms with E-state index in [0.29, 0.717) is 5.56 Å². The highest BCUT2D eigenvalue weighted by atomic mass is 16.2. The summed E-state index contributed by atoms with van der Waals surface area (Å²) in [5.74, 6) is -0.132. The monoisotopic (exact) mass is 339 g/mol. The molecule has 0 saturated heterocycles. The number of carbonyl (C=O) groups is 2. The average molecular weight is 339 g/mol. The average Bonchev–Trinajstić information content (AvgIpc) is 2.53. The van der Waals surface area contributed by atoms with Gasteiger partial charge in [-0.15, -0.1) is 0 Å². The summed E-state index contributed by atoms with van der Waals surface area (Å²) in [4.78, 5) is 23.3. The fourth-order valence-corrected chi connectivity index (χ4v) is 2.97. The lowest BCUT2D eigenvalue weighted by Crippen LogP contribution is -2.22. The number of hydrogen-bond acceptors (Lipinski definition) is 2. The van der Waals surface area contributed by atoms with Crippen molar-refractivity contribution >= 4 is 17.6 Å². The molecule has 0 bridgehead atoms. The minimum absolute atomic E-state index is 0.167. The smallest absolute Gasteiger partial charge is 0.316 e. The van der Waals surface area contributed by atoms with Crippen molar-refractivity contribution in [2.75, 3.05) is 5.32 Å². The largest absolute Gasteiger partial charge is 0.366 e. The van der Waals surface area contributed by atoms with Gasteiger partial charge < -0.3 is 16.8 Å². The maximum atomic E-state index is 11.8. The molecular weight excluding hydrogens is 314 g/mol. The maximum Gasteiger partial charge on any atom is 0.316 e. The molecule has 0 aliphatic carbocycles. The van der Waals surface area contributed by atoms with Crippen molar-refractivity contribution < 1.29 is 9.59 Å². The minimum Gasteiger partial charge on any atom is -0.366 e. The van der Waals surface area contributed by atoms with Crippen LogP contribution in [0.5, 0.6) is 0 Å². The van der Waals surface area contributed by atoms with Crippen LogP contribution in [-0.4, -0.2) is 11.9 Å². The van der Waals surface area contributed by atoms with Gasteiger partial charge in [0.2, 0.25) is 5.91 Å². The zero-order valence-electron chi connectivity index (χ0n) is 15.1. The molecule has 0 spiro atoms.